The van der Waals surface area contributed by atoms with Gasteiger partial charge in [0.05, 0.1) is 16.9 Å². The van der Waals surface area contributed by atoms with Crippen LogP contribution in [0.2, 0.25) is 0 Å². The molecule has 9 nitrogen and oxygen atoms in total. The minimum Gasteiger partial charge on any atom is -0.301 e. The van der Waals surface area contributed by atoms with E-state index in [1.165, 1.54) is 27.8 Å². The lowest BCUT2D eigenvalue weighted by Gasteiger charge is -2.20. The average Bonchev–Trinajstić information content (AvgIpc) is 3.23. The summed E-state index contributed by atoms with van der Waals surface area (Å²) in [6.45, 7) is 0.336. The average molecular weight is 396 g/mol. The lowest BCUT2D eigenvalue weighted by Crippen LogP contribution is -2.42. The Morgan fingerprint density at radius 1 is 1.38 bits per heavy atom. The van der Waals surface area contributed by atoms with Crippen molar-refractivity contribution in [2.45, 2.75) is 18.9 Å². The number of anilines is 1. The van der Waals surface area contributed by atoms with Crippen molar-refractivity contribution in [3.63, 3.8) is 0 Å². The van der Waals surface area contributed by atoms with Gasteiger partial charge >= 0.3 is 0 Å². The van der Waals surface area contributed by atoms with Crippen LogP contribution < -0.4 is 5.32 Å². The smallest absolute Gasteiger partial charge is 0.269 e. The maximum Gasteiger partial charge on any atom is 0.269 e. The third-order valence-electron chi connectivity index (χ3n) is 4.04. The molecule has 3 rings (SSSR count). The van der Waals surface area contributed by atoms with E-state index < -0.39 is 26.9 Å². The molecule has 1 amide bonds. The van der Waals surface area contributed by atoms with Gasteiger partial charge in [0.25, 0.3) is 5.69 Å². The zero-order valence-corrected chi connectivity index (χ0v) is 15.4. The number of sulfonamides is 1. The molecule has 2 aromatic rings. The van der Waals surface area contributed by atoms with Crippen LogP contribution in [-0.4, -0.2) is 47.4 Å². The second-order valence-electron chi connectivity index (χ2n) is 5.86. The van der Waals surface area contributed by atoms with Crippen LogP contribution in [0.5, 0.6) is 0 Å². The van der Waals surface area contributed by atoms with E-state index >= 15 is 0 Å². The molecular weight excluding hydrogens is 380 g/mol. The summed E-state index contributed by atoms with van der Waals surface area (Å²) in [5.41, 5.74) is 1.25. The van der Waals surface area contributed by atoms with Gasteiger partial charge in [0.1, 0.15) is 6.04 Å². The normalized spacial score (nSPS) is 18.0. The molecule has 1 unspecified atom stereocenters. The number of nitro benzene ring substituents is 1. The van der Waals surface area contributed by atoms with Crippen molar-refractivity contribution >= 4 is 38.1 Å². The summed E-state index contributed by atoms with van der Waals surface area (Å²) < 4.78 is 24.7. The lowest BCUT2D eigenvalue weighted by molar-refractivity contribution is -0.384. The van der Waals surface area contributed by atoms with Crippen LogP contribution in [0.25, 0.3) is 11.3 Å². The minimum atomic E-state index is -3.44. The number of thiazole rings is 1. The molecule has 1 aromatic heterocycles. The molecule has 1 aliphatic rings. The summed E-state index contributed by atoms with van der Waals surface area (Å²) in [5.74, 6) is -0.405. The number of hydrogen-bond acceptors (Lipinski definition) is 7. The maximum absolute atomic E-state index is 12.4. The van der Waals surface area contributed by atoms with Gasteiger partial charge in [-0.15, -0.1) is 11.3 Å². The molecule has 1 fully saturated rings. The molecule has 1 aromatic carbocycles. The van der Waals surface area contributed by atoms with Gasteiger partial charge in [0.2, 0.25) is 15.9 Å². The van der Waals surface area contributed by atoms with Crippen LogP contribution in [0.1, 0.15) is 12.8 Å². The van der Waals surface area contributed by atoms with Crippen molar-refractivity contribution in [1.82, 2.24) is 9.29 Å². The zero-order chi connectivity index (χ0) is 18.9. The molecule has 1 N–H and O–H groups in total. The Morgan fingerprint density at radius 3 is 2.69 bits per heavy atom. The van der Waals surface area contributed by atoms with Gasteiger partial charge in [-0.1, -0.05) is 0 Å². The van der Waals surface area contributed by atoms with E-state index in [0.717, 1.165) is 6.26 Å². The summed E-state index contributed by atoms with van der Waals surface area (Å²) in [4.78, 5) is 26.9. The predicted octanol–water partition coefficient (Wildman–Crippen LogP) is 2.08. The van der Waals surface area contributed by atoms with Gasteiger partial charge in [-0.2, -0.15) is 4.31 Å². The van der Waals surface area contributed by atoms with E-state index in [9.17, 15) is 23.3 Å². The summed E-state index contributed by atoms with van der Waals surface area (Å²) in [6, 6.07) is 5.21. The Labute approximate surface area is 153 Å². The van der Waals surface area contributed by atoms with Gasteiger partial charge in [-0.25, -0.2) is 13.4 Å². The molecule has 0 radical (unpaired) electrons. The summed E-state index contributed by atoms with van der Waals surface area (Å²) in [7, 11) is -3.44. The molecule has 0 aliphatic carbocycles. The number of nitrogens with zero attached hydrogens (tertiary/aromatic N) is 3. The van der Waals surface area contributed by atoms with Crippen molar-refractivity contribution in [3.8, 4) is 11.3 Å². The number of aromatic nitrogens is 1. The lowest BCUT2D eigenvalue weighted by atomic mass is 10.1. The topological polar surface area (TPSA) is 123 Å². The quantitative estimate of drug-likeness (QED) is 0.610. The van der Waals surface area contributed by atoms with E-state index in [1.807, 2.05) is 0 Å². The molecular formula is C15H16N4O5S2. The van der Waals surface area contributed by atoms with Crippen molar-refractivity contribution in [2.75, 3.05) is 18.1 Å². The standard InChI is InChI=1S/C15H16N4O5S2/c1-26(23,24)18-8-2-3-13(18)14(20)17-15-16-12(9-25-15)10-4-6-11(7-5-10)19(21)22/h4-7,9,13H,2-3,8H2,1H3,(H,16,17,20). The van der Waals surface area contributed by atoms with E-state index in [2.05, 4.69) is 10.3 Å². The first-order chi connectivity index (χ1) is 12.3. The van der Waals surface area contributed by atoms with Crippen LogP contribution in [0.3, 0.4) is 0 Å². The Morgan fingerprint density at radius 2 is 2.08 bits per heavy atom. The first-order valence-corrected chi connectivity index (χ1v) is 10.5. The zero-order valence-electron chi connectivity index (χ0n) is 13.8. The number of nitrogens with one attached hydrogen (secondary N) is 1. The number of benzene rings is 1. The van der Waals surface area contributed by atoms with Crippen LogP contribution in [0, 0.1) is 10.1 Å². The first-order valence-electron chi connectivity index (χ1n) is 7.74. The van der Waals surface area contributed by atoms with Crippen LogP contribution in [-0.2, 0) is 14.8 Å². The van der Waals surface area contributed by atoms with Crippen molar-refractivity contribution in [3.05, 3.63) is 39.8 Å². The number of non-ortho nitro benzene ring substituents is 1. The van der Waals surface area contributed by atoms with Gasteiger partial charge in [0, 0.05) is 29.6 Å². The first kappa shape index (κ1) is 18.4. The van der Waals surface area contributed by atoms with Gasteiger partial charge < -0.3 is 5.32 Å². The fourth-order valence-corrected chi connectivity index (χ4v) is 4.65. The molecule has 2 heterocycles. The Bertz CT molecular complexity index is 939. The number of nitro groups is 1. The number of amides is 1. The van der Waals surface area contributed by atoms with Crippen molar-refractivity contribution in [2.24, 2.45) is 0 Å². The number of carbonyl (C=O) groups excluding carboxylic acids is 1. The highest BCUT2D eigenvalue weighted by Crippen LogP contribution is 2.28. The molecule has 1 atom stereocenters. The second kappa shape index (κ2) is 7.09. The van der Waals surface area contributed by atoms with E-state index in [-0.39, 0.29) is 5.69 Å². The van der Waals surface area contributed by atoms with E-state index in [0.29, 0.717) is 35.8 Å². The molecule has 11 heteroatoms. The van der Waals surface area contributed by atoms with E-state index in [1.54, 1.807) is 17.5 Å². The number of rotatable bonds is 5. The highest BCUT2D eigenvalue weighted by molar-refractivity contribution is 7.88. The van der Waals surface area contributed by atoms with Gasteiger partial charge in [-0.05, 0) is 25.0 Å². The van der Waals surface area contributed by atoms with E-state index in [4.69, 9.17) is 0 Å². The fourth-order valence-electron chi connectivity index (χ4n) is 2.81. The Hall–Kier alpha value is -2.37. The molecule has 1 aliphatic heterocycles. The number of hydrogen-bond donors (Lipinski definition) is 1. The van der Waals surface area contributed by atoms with Crippen LogP contribution in [0.4, 0.5) is 10.8 Å². The molecule has 138 valence electrons. The molecule has 0 bridgehead atoms. The molecule has 1 saturated heterocycles. The monoisotopic (exact) mass is 396 g/mol. The van der Waals surface area contributed by atoms with Crippen LogP contribution in [0.15, 0.2) is 29.6 Å². The third-order valence-corrected chi connectivity index (χ3v) is 6.09. The van der Waals surface area contributed by atoms with Crippen LogP contribution >= 0.6 is 11.3 Å². The van der Waals surface area contributed by atoms with Crippen molar-refractivity contribution in [1.29, 1.82) is 0 Å². The minimum absolute atomic E-state index is 0.0143. The summed E-state index contributed by atoms with van der Waals surface area (Å²) in [5, 5.41) is 15.4. The Kier molecular flexibility index (Phi) is 5.03. The molecule has 26 heavy (non-hydrogen) atoms. The summed E-state index contributed by atoms with van der Waals surface area (Å²) in [6.07, 6.45) is 2.20. The largest absolute Gasteiger partial charge is 0.301 e. The molecule has 0 saturated carbocycles. The predicted molar refractivity (Wildman–Crippen MR) is 97.4 cm³/mol. The third kappa shape index (κ3) is 3.89. The second-order valence-corrected chi connectivity index (χ2v) is 8.66. The number of carbonyl (C=O) groups is 1. The molecule has 0 spiro atoms. The Balaban J connectivity index is 1.72. The SMILES string of the molecule is CS(=O)(=O)N1CCCC1C(=O)Nc1nc(-c2ccc([N+](=O)[O-])cc2)cs1. The van der Waals surface area contributed by atoms with Gasteiger partial charge in [0.15, 0.2) is 5.13 Å². The van der Waals surface area contributed by atoms with Crippen molar-refractivity contribution < 1.29 is 18.1 Å². The summed E-state index contributed by atoms with van der Waals surface area (Å²) >= 11 is 1.21. The van der Waals surface area contributed by atoms with Gasteiger partial charge in [-0.3, -0.25) is 14.9 Å². The maximum atomic E-state index is 12.4. The highest BCUT2D eigenvalue weighted by Gasteiger charge is 2.36. The highest BCUT2D eigenvalue weighted by atomic mass is 32.2. The fraction of sp³-hybridized carbons (Fsp3) is 0.333.